The third-order valence-electron chi connectivity index (χ3n) is 3.69. The number of nitrogens with zero attached hydrogens (tertiary/aromatic N) is 1. The second-order valence-electron chi connectivity index (χ2n) is 5.24. The fourth-order valence-electron chi connectivity index (χ4n) is 2.55. The van der Waals surface area contributed by atoms with Crippen LogP contribution in [-0.4, -0.2) is 31.9 Å². The zero-order valence-corrected chi connectivity index (χ0v) is 13.7. The van der Waals surface area contributed by atoms with Crippen LogP contribution in [-0.2, 0) is 0 Å². The van der Waals surface area contributed by atoms with E-state index in [0.29, 0.717) is 0 Å². The largest absolute Gasteiger partial charge is 0.457 e. The highest BCUT2D eigenvalue weighted by molar-refractivity contribution is 7.99. The van der Waals surface area contributed by atoms with E-state index in [-0.39, 0.29) is 0 Å². The summed E-state index contributed by atoms with van der Waals surface area (Å²) in [6.45, 7) is 6.41. The molecule has 1 aliphatic heterocycles. The van der Waals surface area contributed by atoms with Gasteiger partial charge in [-0.25, -0.2) is 0 Å². The molecule has 0 aromatic heterocycles. The van der Waals surface area contributed by atoms with Crippen LogP contribution in [0.1, 0.15) is 6.92 Å². The van der Waals surface area contributed by atoms with E-state index in [9.17, 15) is 0 Å². The van der Waals surface area contributed by atoms with E-state index < -0.39 is 0 Å². The van der Waals surface area contributed by atoms with E-state index >= 15 is 0 Å². The molecule has 0 spiro atoms. The highest BCUT2D eigenvalue weighted by Gasteiger charge is 2.10. The third kappa shape index (κ3) is 3.96. The first-order valence-corrected chi connectivity index (χ1v) is 8.80. The minimum atomic E-state index is 0.884. The average molecular weight is 314 g/mol. The zero-order valence-electron chi connectivity index (χ0n) is 12.9. The van der Waals surface area contributed by atoms with Gasteiger partial charge in [0.05, 0.1) is 0 Å². The molecule has 1 heterocycles. The first-order chi connectivity index (χ1) is 10.8. The van der Waals surface area contributed by atoms with E-state index in [1.54, 1.807) is 0 Å². The van der Waals surface area contributed by atoms with Crippen molar-refractivity contribution in [2.24, 2.45) is 0 Å². The molecule has 0 aliphatic carbocycles. The summed E-state index contributed by atoms with van der Waals surface area (Å²) in [6.07, 6.45) is 0. The van der Waals surface area contributed by atoms with E-state index in [0.717, 1.165) is 43.4 Å². The molecule has 0 unspecified atom stereocenters. The molecule has 0 atom stereocenters. The van der Waals surface area contributed by atoms with Gasteiger partial charge in [-0.3, -0.25) is 0 Å². The standard InChI is InChI=1S/C18H22N2OS/c1-2-22-18-9-7-17(8-10-18)21-16-5-3-15(4-6-16)20-13-11-19-12-14-20/h3-10,19H,2,11-14H2,1H3. The van der Waals surface area contributed by atoms with Gasteiger partial charge < -0.3 is 15.0 Å². The number of benzene rings is 2. The minimum Gasteiger partial charge on any atom is -0.457 e. The molecule has 0 bridgehead atoms. The summed E-state index contributed by atoms with van der Waals surface area (Å²) in [5.41, 5.74) is 1.27. The summed E-state index contributed by atoms with van der Waals surface area (Å²) in [4.78, 5) is 3.68. The number of piperazine rings is 1. The van der Waals surface area contributed by atoms with Crippen LogP contribution >= 0.6 is 11.8 Å². The molecule has 116 valence electrons. The van der Waals surface area contributed by atoms with E-state index in [1.165, 1.54) is 10.6 Å². The van der Waals surface area contributed by atoms with Crippen LogP contribution in [0.3, 0.4) is 0 Å². The second-order valence-corrected chi connectivity index (χ2v) is 6.57. The van der Waals surface area contributed by atoms with Crippen LogP contribution in [0, 0.1) is 0 Å². The molecular formula is C18H22N2OS. The summed E-state index contributed by atoms with van der Waals surface area (Å²) < 4.78 is 5.91. The number of anilines is 1. The highest BCUT2D eigenvalue weighted by Crippen LogP contribution is 2.27. The third-order valence-corrected chi connectivity index (χ3v) is 4.58. The molecule has 1 N–H and O–H groups in total. The Balaban J connectivity index is 1.62. The van der Waals surface area contributed by atoms with Crippen molar-refractivity contribution in [3.63, 3.8) is 0 Å². The molecule has 2 aromatic rings. The van der Waals surface area contributed by atoms with Crippen molar-refractivity contribution in [2.45, 2.75) is 11.8 Å². The summed E-state index contributed by atoms with van der Waals surface area (Å²) in [6, 6.07) is 16.7. The highest BCUT2D eigenvalue weighted by atomic mass is 32.2. The molecule has 0 saturated carbocycles. The fraction of sp³-hybridized carbons (Fsp3) is 0.333. The lowest BCUT2D eigenvalue weighted by Crippen LogP contribution is -2.43. The number of rotatable bonds is 5. The van der Waals surface area contributed by atoms with Gasteiger partial charge in [0.15, 0.2) is 0 Å². The van der Waals surface area contributed by atoms with Crippen LogP contribution in [0.4, 0.5) is 5.69 Å². The van der Waals surface area contributed by atoms with Crippen LogP contribution in [0.15, 0.2) is 53.4 Å². The van der Waals surface area contributed by atoms with Crippen molar-refractivity contribution in [1.82, 2.24) is 5.32 Å². The molecule has 3 rings (SSSR count). The van der Waals surface area contributed by atoms with Gasteiger partial charge in [0, 0.05) is 36.8 Å². The van der Waals surface area contributed by atoms with Crippen molar-refractivity contribution in [2.75, 3.05) is 36.8 Å². The van der Waals surface area contributed by atoms with Gasteiger partial charge >= 0.3 is 0 Å². The Labute approximate surface area is 136 Å². The molecule has 1 saturated heterocycles. The van der Waals surface area contributed by atoms with Crippen LogP contribution in [0.2, 0.25) is 0 Å². The maximum absolute atomic E-state index is 5.91. The molecule has 3 nitrogen and oxygen atoms in total. The number of hydrogen-bond donors (Lipinski definition) is 1. The van der Waals surface area contributed by atoms with E-state index in [1.807, 2.05) is 36.0 Å². The van der Waals surface area contributed by atoms with Gasteiger partial charge in [0.2, 0.25) is 0 Å². The Morgan fingerprint density at radius 2 is 1.55 bits per heavy atom. The molecule has 4 heteroatoms. The maximum Gasteiger partial charge on any atom is 0.127 e. The van der Waals surface area contributed by atoms with Crippen molar-refractivity contribution in [1.29, 1.82) is 0 Å². The summed E-state index contributed by atoms with van der Waals surface area (Å²) in [7, 11) is 0. The predicted octanol–water partition coefficient (Wildman–Crippen LogP) is 4.00. The Hall–Kier alpha value is -1.65. The molecule has 22 heavy (non-hydrogen) atoms. The fourth-order valence-corrected chi connectivity index (χ4v) is 3.22. The number of nitrogens with one attached hydrogen (secondary N) is 1. The van der Waals surface area contributed by atoms with E-state index in [2.05, 4.69) is 41.4 Å². The second kappa shape index (κ2) is 7.56. The summed E-state index contributed by atoms with van der Waals surface area (Å²) >= 11 is 1.84. The monoisotopic (exact) mass is 314 g/mol. The molecular weight excluding hydrogens is 292 g/mol. The Morgan fingerprint density at radius 3 is 2.14 bits per heavy atom. The Morgan fingerprint density at radius 1 is 0.955 bits per heavy atom. The maximum atomic E-state index is 5.91. The molecule has 0 radical (unpaired) electrons. The van der Waals surface area contributed by atoms with Crippen molar-refractivity contribution < 1.29 is 4.74 Å². The summed E-state index contributed by atoms with van der Waals surface area (Å²) in [5, 5.41) is 3.37. The van der Waals surface area contributed by atoms with Crippen LogP contribution in [0.5, 0.6) is 11.5 Å². The average Bonchev–Trinajstić information content (AvgIpc) is 2.58. The van der Waals surface area contributed by atoms with Gasteiger partial charge in [-0.2, -0.15) is 0 Å². The van der Waals surface area contributed by atoms with Crippen molar-refractivity contribution in [3.05, 3.63) is 48.5 Å². The van der Waals surface area contributed by atoms with Gasteiger partial charge in [0.25, 0.3) is 0 Å². The van der Waals surface area contributed by atoms with Gasteiger partial charge in [0.1, 0.15) is 11.5 Å². The van der Waals surface area contributed by atoms with Gasteiger partial charge in [-0.05, 0) is 54.3 Å². The van der Waals surface area contributed by atoms with E-state index in [4.69, 9.17) is 4.74 Å². The minimum absolute atomic E-state index is 0.884. The first kappa shape index (κ1) is 15.3. The van der Waals surface area contributed by atoms with Crippen molar-refractivity contribution >= 4 is 17.4 Å². The van der Waals surface area contributed by atoms with Crippen LogP contribution in [0.25, 0.3) is 0 Å². The normalized spacial score (nSPS) is 14.9. The Bertz CT molecular complexity index is 577. The topological polar surface area (TPSA) is 24.5 Å². The Kier molecular flexibility index (Phi) is 5.24. The van der Waals surface area contributed by atoms with Crippen molar-refractivity contribution in [3.8, 4) is 11.5 Å². The summed E-state index contributed by atoms with van der Waals surface area (Å²) in [5.74, 6) is 2.86. The molecule has 0 amide bonds. The smallest absolute Gasteiger partial charge is 0.127 e. The molecule has 1 aliphatic rings. The lowest BCUT2D eigenvalue weighted by Gasteiger charge is -2.29. The lowest BCUT2D eigenvalue weighted by atomic mass is 10.2. The SMILES string of the molecule is CCSc1ccc(Oc2ccc(N3CCNCC3)cc2)cc1. The quantitative estimate of drug-likeness (QED) is 0.843. The molecule has 1 fully saturated rings. The number of hydrogen-bond acceptors (Lipinski definition) is 4. The first-order valence-electron chi connectivity index (χ1n) is 7.81. The predicted molar refractivity (Wildman–Crippen MR) is 94.4 cm³/mol. The van der Waals surface area contributed by atoms with Crippen LogP contribution < -0.4 is 15.0 Å². The zero-order chi connectivity index (χ0) is 15.2. The van der Waals surface area contributed by atoms with Gasteiger partial charge in [-0.1, -0.05) is 6.92 Å². The lowest BCUT2D eigenvalue weighted by molar-refractivity contribution is 0.482. The van der Waals surface area contributed by atoms with Gasteiger partial charge in [-0.15, -0.1) is 11.8 Å². The number of ether oxygens (including phenoxy) is 1. The molecule has 2 aromatic carbocycles. The number of thioether (sulfide) groups is 1.